The number of hydrogen-bond acceptors (Lipinski definition) is 2. The van der Waals surface area contributed by atoms with Crippen LogP contribution in [0.2, 0.25) is 5.02 Å². The summed E-state index contributed by atoms with van der Waals surface area (Å²) in [5.74, 6) is 0. The molecule has 0 aliphatic carbocycles. The van der Waals surface area contributed by atoms with Gasteiger partial charge in [-0.05, 0) is 45.0 Å². The lowest BCUT2D eigenvalue weighted by Crippen LogP contribution is -2.28. The van der Waals surface area contributed by atoms with Gasteiger partial charge in [-0.2, -0.15) is 0 Å². The Hall–Kier alpha value is -0.570. The Bertz CT molecular complexity index is 316. The highest BCUT2D eigenvalue weighted by Gasteiger charge is 2.13. The molecule has 90 valence electrons. The van der Waals surface area contributed by atoms with Crippen LogP contribution in [0.1, 0.15) is 25.8 Å². The molecule has 0 bridgehead atoms. The van der Waals surface area contributed by atoms with Gasteiger partial charge in [0, 0.05) is 18.1 Å². The number of hydrogen-bond donors (Lipinski definition) is 1. The third kappa shape index (κ3) is 5.50. The maximum absolute atomic E-state index is 9.62. The van der Waals surface area contributed by atoms with Crippen molar-refractivity contribution in [1.29, 1.82) is 0 Å². The fourth-order valence-corrected chi connectivity index (χ4v) is 1.57. The van der Waals surface area contributed by atoms with Gasteiger partial charge in [0.25, 0.3) is 0 Å². The van der Waals surface area contributed by atoms with E-state index < -0.39 is 5.60 Å². The van der Waals surface area contributed by atoms with Crippen molar-refractivity contribution in [2.24, 2.45) is 0 Å². The van der Waals surface area contributed by atoms with Gasteiger partial charge < -0.3 is 10.0 Å². The lowest BCUT2D eigenvalue weighted by molar-refractivity contribution is 0.0599. The van der Waals surface area contributed by atoms with Crippen molar-refractivity contribution in [2.75, 3.05) is 13.6 Å². The summed E-state index contributed by atoms with van der Waals surface area (Å²) in [6, 6.07) is 7.87. The maximum atomic E-state index is 9.62. The summed E-state index contributed by atoms with van der Waals surface area (Å²) in [5.41, 5.74) is 0.650. The van der Waals surface area contributed by atoms with E-state index in [0.717, 1.165) is 24.5 Å². The quantitative estimate of drug-likeness (QED) is 0.857. The zero-order valence-electron chi connectivity index (χ0n) is 10.2. The van der Waals surface area contributed by atoms with Crippen molar-refractivity contribution < 1.29 is 5.11 Å². The average molecular weight is 242 g/mol. The minimum atomic E-state index is -0.589. The highest BCUT2D eigenvalue weighted by Crippen LogP contribution is 2.12. The van der Waals surface area contributed by atoms with E-state index in [4.69, 9.17) is 11.6 Å². The molecule has 0 unspecified atom stereocenters. The number of aliphatic hydroxyl groups is 1. The van der Waals surface area contributed by atoms with E-state index in [1.54, 1.807) is 0 Å². The van der Waals surface area contributed by atoms with E-state index in [1.807, 2.05) is 38.1 Å². The van der Waals surface area contributed by atoms with Gasteiger partial charge in [0.1, 0.15) is 0 Å². The molecule has 0 saturated carbocycles. The predicted molar refractivity (Wildman–Crippen MR) is 68.7 cm³/mol. The Morgan fingerprint density at radius 1 is 1.25 bits per heavy atom. The van der Waals surface area contributed by atoms with Crippen molar-refractivity contribution in [2.45, 2.75) is 32.4 Å². The topological polar surface area (TPSA) is 23.5 Å². The van der Waals surface area contributed by atoms with Gasteiger partial charge in [-0.1, -0.05) is 23.7 Å². The minimum Gasteiger partial charge on any atom is -0.390 e. The summed E-state index contributed by atoms with van der Waals surface area (Å²) in [4.78, 5) is 2.20. The lowest BCUT2D eigenvalue weighted by atomic mass is 10.1. The third-order valence-corrected chi connectivity index (χ3v) is 2.72. The van der Waals surface area contributed by atoms with Crippen LogP contribution in [-0.2, 0) is 6.54 Å². The summed E-state index contributed by atoms with van der Waals surface area (Å²) in [7, 11) is 2.06. The normalized spacial score (nSPS) is 12.1. The second-order valence-corrected chi connectivity index (χ2v) is 5.36. The minimum absolute atomic E-state index is 0.589. The van der Waals surface area contributed by atoms with Gasteiger partial charge in [0.05, 0.1) is 5.60 Å². The third-order valence-electron chi connectivity index (χ3n) is 2.47. The number of nitrogens with zero attached hydrogens (tertiary/aromatic N) is 1. The van der Waals surface area contributed by atoms with Crippen LogP contribution < -0.4 is 0 Å². The number of halogens is 1. The van der Waals surface area contributed by atoms with Crippen LogP contribution >= 0.6 is 11.6 Å². The Balaban J connectivity index is 2.39. The van der Waals surface area contributed by atoms with E-state index in [9.17, 15) is 5.11 Å². The van der Waals surface area contributed by atoms with Gasteiger partial charge in [-0.25, -0.2) is 0 Å². The van der Waals surface area contributed by atoms with Crippen LogP contribution in [-0.4, -0.2) is 29.2 Å². The van der Waals surface area contributed by atoms with Gasteiger partial charge in [-0.15, -0.1) is 0 Å². The smallest absolute Gasteiger partial charge is 0.0603 e. The molecule has 2 nitrogen and oxygen atoms in total. The molecule has 0 amide bonds. The van der Waals surface area contributed by atoms with E-state index in [2.05, 4.69) is 11.9 Å². The molecule has 1 aromatic rings. The van der Waals surface area contributed by atoms with Crippen LogP contribution in [0.15, 0.2) is 24.3 Å². The molecule has 0 aliphatic heterocycles. The molecule has 0 aliphatic rings. The van der Waals surface area contributed by atoms with Crippen molar-refractivity contribution in [3.8, 4) is 0 Å². The summed E-state index contributed by atoms with van der Waals surface area (Å²) >= 11 is 5.82. The molecule has 0 atom stereocenters. The Morgan fingerprint density at radius 3 is 2.31 bits per heavy atom. The largest absolute Gasteiger partial charge is 0.390 e. The van der Waals surface area contributed by atoms with Crippen LogP contribution in [0, 0.1) is 0 Å². The van der Waals surface area contributed by atoms with Crippen LogP contribution in [0.5, 0.6) is 0 Å². The molecular weight excluding hydrogens is 222 g/mol. The molecule has 0 spiro atoms. The number of benzene rings is 1. The standard InChI is InChI=1S/C13H20ClNO/c1-13(2,16)8-9-15(3)10-11-4-6-12(14)7-5-11/h4-7,16H,8-10H2,1-3H3. The van der Waals surface area contributed by atoms with Gasteiger partial charge in [-0.3, -0.25) is 0 Å². The Labute approximate surface area is 103 Å². The molecule has 0 heterocycles. The van der Waals surface area contributed by atoms with E-state index in [1.165, 1.54) is 5.56 Å². The summed E-state index contributed by atoms with van der Waals surface area (Å²) < 4.78 is 0. The highest BCUT2D eigenvalue weighted by molar-refractivity contribution is 6.30. The molecule has 1 aromatic carbocycles. The molecule has 3 heteroatoms. The second kappa shape index (κ2) is 5.67. The average Bonchev–Trinajstić information content (AvgIpc) is 2.18. The van der Waals surface area contributed by atoms with Crippen molar-refractivity contribution >= 4 is 11.6 Å². The molecule has 0 radical (unpaired) electrons. The first-order valence-corrected chi connectivity index (χ1v) is 5.90. The first kappa shape index (κ1) is 13.5. The first-order valence-electron chi connectivity index (χ1n) is 5.52. The zero-order valence-corrected chi connectivity index (χ0v) is 11.0. The molecule has 0 fully saturated rings. The van der Waals surface area contributed by atoms with E-state index in [0.29, 0.717) is 0 Å². The molecule has 0 aromatic heterocycles. The van der Waals surface area contributed by atoms with Gasteiger partial charge in [0.2, 0.25) is 0 Å². The summed E-state index contributed by atoms with van der Waals surface area (Å²) in [6.45, 7) is 5.44. The van der Waals surface area contributed by atoms with Crippen molar-refractivity contribution in [3.05, 3.63) is 34.9 Å². The second-order valence-electron chi connectivity index (χ2n) is 4.93. The van der Waals surface area contributed by atoms with Gasteiger partial charge in [0.15, 0.2) is 0 Å². The molecular formula is C13H20ClNO. The Morgan fingerprint density at radius 2 is 1.81 bits per heavy atom. The fourth-order valence-electron chi connectivity index (χ4n) is 1.45. The van der Waals surface area contributed by atoms with Crippen molar-refractivity contribution in [3.63, 3.8) is 0 Å². The van der Waals surface area contributed by atoms with Crippen LogP contribution in [0.3, 0.4) is 0 Å². The Kier molecular flexibility index (Phi) is 4.78. The molecule has 16 heavy (non-hydrogen) atoms. The lowest BCUT2D eigenvalue weighted by Gasteiger charge is -2.22. The summed E-state index contributed by atoms with van der Waals surface area (Å²) in [6.07, 6.45) is 0.775. The maximum Gasteiger partial charge on any atom is 0.0603 e. The highest BCUT2D eigenvalue weighted by atomic mass is 35.5. The fraction of sp³-hybridized carbons (Fsp3) is 0.538. The molecule has 0 saturated heterocycles. The van der Waals surface area contributed by atoms with Crippen molar-refractivity contribution in [1.82, 2.24) is 4.90 Å². The van der Waals surface area contributed by atoms with Gasteiger partial charge >= 0.3 is 0 Å². The first-order chi connectivity index (χ1) is 7.37. The monoisotopic (exact) mass is 241 g/mol. The zero-order chi connectivity index (χ0) is 12.2. The SMILES string of the molecule is CN(CCC(C)(C)O)Cc1ccc(Cl)cc1. The molecule has 1 rings (SSSR count). The number of rotatable bonds is 5. The predicted octanol–water partition coefficient (Wildman–Crippen LogP) is 2.93. The van der Waals surface area contributed by atoms with Crippen LogP contribution in [0.4, 0.5) is 0 Å². The van der Waals surface area contributed by atoms with E-state index in [-0.39, 0.29) is 0 Å². The molecule has 1 N–H and O–H groups in total. The summed E-state index contributed by atoms with van der Waals surface area (Å²) in [5, 5.41) is 10.4. The van der Waals surface area contributed by atoms with E-state index >= 15 is 0 Å². The van der Waals surface area contributed by atoms with Crippen LogP contribution in [0.25, 0.3) is 0 Å².